The van der Waals surface area contributed by atoms with Crippen LogP contribution in [0.4, 0.5) is 0 Å². The zero-order valence-electron chi connectivity index (χ0n) is 12.9. The van der Waals surface area contributed by atoms with Crippen molar-refractivity contribution in [1.82, 2.24) is 4.57 Å². The molecule has 1 heterocycles. The Labute approximate surface area is 147 Å². The van der Waals surface area contributed by atoms with Crippen LogP contribution in [0, 0.1) is 13.8 Å². The fraction of sp³-hybridized carbons (Fsp3) is 0.176. The molecule has 23 heavy (non-hydrogen) atoms. The summed E-state index contributed by atoms with van der Waals surface area (Å²) in [6, 6.07) is 9.01. The molecule has 3 aromatic rings. The standard InChI is InChI=1S/C17H14Cl2N2OS/c1-9-6-10(2)15-14(7-9)23-17(21(15)3)20-16(22)12-8-11(18)4-5-13(12)19/h4-8H,1-3H3. The van der Waals surface area contributed by atoms with Gasteiger partial charge in [-0.05, 0) is 49.2 Å². The average molecular weight is 365 g/mol. The van der Waals surface area contributed by atoms with E-state index < -0.39 is 5.91 Å². The molecule has 2 aromatic carbocycles. The number of carbonyl (C=O) groups excluding carboxylic acids is 1. The van der Waals surface area contributed by atoms with Crippen LogP contribution < -0.4 is 4.80 Å². The minimum atomic E-state index is -0.394. The van der Waals surface area contributed by atoms with Crippen LogP contribution in [-0.2, 0) is 7.05 Å². The molecule has 118 valence electrons. The van der Waals surface area contributed by atoms with Crippen molar-refractivity contribution in [1.29, 1.82) is 0 Å². The number of thiazole rings is 1. The summed E-state index contributed by atoms with van der Waals surface area (Å²) in [5.74, 6) is -0.394. The van der Waals surface area contributed by atoms with Crippen LogP contribution in [0.25, 0.3) is 10.2 Å². The maximum Gasteiger partial charge on any atom is 0.281 e. The second-order valence-corrected chi connectivity index (χ2v) is 7.27. The molecular weight excluding hydrogens is 351 g/mol. The maximum atomic E-state index is 12.5. The van der Waals surface area contributed by atoms with Gasteiger partial charge in [0.15, 0.2) is 4.80 Å². The Bertz CT molecular complexity index is 1000. The number of amides is 1. The number of halogens is 2. The van der Waals surface area contributed by atoms with Crippen LogP contribution in [-0.4, -0.2) is 10.5 Å². The van der Waals surface area contributed by atoms with Crippen molar-refractivity contribution in [2.75, 3.05) is 0 Å². The van der Waals surface area contributed by atoms with Crippen molar-refractivity contribution in [3.05, 3.63) is 61.9 Å². The summed E-state index contributed by atoms with van der Waals surface area (Å²) >= 11 is 13.5. The second-order valence-electron chi connectivity index (χ2n) is 5.41. The van der Waals surface area contributed by atoms with Gasteiger partial charge in [-0.3, -0.25) is 4.79 Å². The first-order chi connectivity index (χ1) is 10.9. The largest absolute Gasteiger partial charge is 0.319 e. The lowest BCUT2D eigenvalue weighted by atomic mass is 10.1. The highest BCUT2D eigenvalue weighted by atomic mass is 35.5. The Morgan fingerprint density at radius 3 is 2.65 bits per heavy atom. The SMILES string of the molecule is Cc1cc(C)c2c(c1)sc(=NC(=O)c1cc(Cl)ccc1Cl)n2C. The van der Waals surface area contributed by atoms with Crippen LogP contribution in [0.1, 0.15) is 21.5 Å². The fourth-order valence-corrected chi connectivity index (χ4v) is 4.16. The molecule has 6 heteroatoms. The van der Waals surface area contributed by atoms with Gasteiger partial charge in [0, 0.05) is 12.1 Å². The third kappa shape index (κ3) is 3.07. The van der Waals surface area contributed by atoms with Crippen molar-refractivity contribution in [2.45, 2.75) is 13.8 Å². The molecular formula is C17H14Cl2N2OS. The Kier molecular flexibility index (Phi) is 4.32. The van der Waals surface area contributed by atoms with Crippen LogP contribution in [0.3, 0.4) is 0 Å². The van der Waals surface area contributed by atoms with Gasteiger partial charge in [0.25, 0.3) is 5.91 Å². The van der Waals surface area contributed by atoms with E-state index in [-0.39, 0.29) is 0 Å². The number of hydrogen-bond donors (Lipinski definition) is 0. The number of carbonyl (C=O) groups is 1. The van der Waals surface area contributed by atoms with Crippen LogP contribution in [0.2, 0.25) is 10.0 Å². The Hall–Kier alpha value is -1.62. The molecule has 0 aliphatic heterocycles. The van der Waals surface area contributed by atoms with E-state index in [2.05, 4.69) is 31.0 Å². The normalized spacial score (nSPS) is 12.1. The van der Waals surface area contributed by atoms with Crippen LogP contribution in [0.15, 0.2) is 35.3 Å². The van der Waals surface area contributed by atoms with Crippen molar-refractivity contribution < 1.29 is 4.79 Å². The molecule has 0 aliphatic carbocycles. The van der Waals surface area contributed by atoms with Crippen LogP contribution >= 0.6 is 34.5 Å². The lowest BCUT2D eigenvalue weighted by Crippen LogP contribution is -2.13. The number of benzene rings is 2. The molecule has 0 radical (unpaired) electrons. The van der Waals surface area contributed by atoms with E-state index in [4.69, 9.17) is 23.2 Å². The molecule has 1 aromatic heterocycles. The summed E-state index contributed by atoms with van der Waals surface area (Å²) in [4.78, 5) is 17.3. The zero-order chi connectivity index (χ0) is 16.7. The van der Waals surface area contributed by atoms with E-state index in [1.165, 1.54) is 16.9 Å². The number of aryl methyl sites for hydroxylation is 3. The quantitative estimate of drug-likeness (QED) is 0.604. The van der Waals surface area contributed by atoms with E-state index in [0.717, 1.165) is 15.8 Å². The van der Waals surface area contributed by atoms with Gasteiger partial charge < -0.3 is 4.57 Å². The molecule has 0 bridgehead atoms. The first kappa shape index (κ1) is 16.2. The third-order valence-electron chi connectivity index (χ3n) is 3.59. The predicted octanol–water partition coefficient (Wildman–Crippen LogP) is 4.90. The first-order valence-corrected chi connectivity index (χ1v) is 8.55. The van der Waals surface area contributed by atoms with Gasteiger partial charge in [-0.15, -0.1) is 0 Å². The van der Waals surface area contributed by atoms with E-state index in [1.807, 2.05) is 11.6 Å². The summed E-state index contributed by atoms with van der Waals surface area (Å²) < 4.78 is 3.04. The van der Waals surface area contributed by atoms with Gasteiger partial charge in [-0.1, -0.05) is 40.6 Å². The predicted molar refractivity (Wildman–Crippen MR) is 96.6 cm³/mol. The molecule has 0 atom stereocenters. The van der Waals surface area contributed by atoms with Gasteiger partial charge in [-0.2, -0.15) is 4.99 Å². The van der Waals surface area contributed by atoms with E-state index >= 15 is 0 Å². The molecule has 0 spiro atoms. The van der Waals surface area contributed by atoms with Crippen molar-refractivity contribution >= 4 is 50.7 Å². The zero-order valence-corrected chi connectivity index (χ0v) is 15.2. The lowest BCUT2D eigenvalue weighted by molar-refractivity contribution is 0.0998. The average Bonchev–Trinajstić information content (AvgIpc) is 2.77. The maximum absolute atomic E-state index is 12.5. The summed E-state index contributed by atoms with van der Waals surface area (Å²) in [6.07, 6.45) is 0. The molecule has 0 aliphatic rings. The lowest BCUT2D eigenvalue weighted by Gasteiger charge is -2.02. The van der Waals surface area contributed by atoms with Crippen molar-refractivity contribution in [3.63, 3.8) is 0 Å². The van der Waals surface area contributed by atoms with E-state index in [0.29, 0.717) is 20.4 Å². The second kappa shape index (κ2) is 6.11. The van der Waals surface area contributed by atoms with Gasteiger partial charge in [0.1, 0.15) is 0 Å². The number of hydrogen-bond acceptors (Lipinski definition) is 2. The minimum absolute atomic E-state index is 0.310. The monoisotopic (exact) mass is 364 g/mol. The highest BCUT2D eigenvalue weighted by Crippen LogP contribution is 2.23. The van der Waals surface area contributed by atoms with Gasteiger partial charge >= 0.3 is 0 Å². The Morgan fingerprint density at radius 1 is 1.17 bits per heavy atom. The Balaban J connectivity index is 2.18. The van der Waals surface area contributed by atoms with Crippen molar-refractivity contribution in [2.24, 2.45) is 12.0 Å². The minimum Gasteiger partial charge on any atom is -0.319 e. The number of fused-ring (bicyclic) bond motifs is 1. The molecule has 3 rings (SSSR count). The molecule has 0 N–H and O–H groups in total. The highest BCUT2D eigenvalue weighted by Gasteiger charge is 2.12. The third-order valence-corrected chi connectivity index (χ3v) is 5.23. The first-order valence-electron chi connectivity index (χ1n) is 6.97. The molecule has 0 fully saturated rings. The van der Waals surface area contributed by atoms with Gasteiger partial charge in [-0.25, -0.2) is 0 Å². The van der Waals surface area contributed by atoms with Gasteiger partial charge in [0.2, 0.25) is 0 Å². The summed E-state index contributed by atoms with van der Waals surface area (Å²) in [6.45, 7) is 4.11. The summed E-state index contributed by atoms with van der Waals surface area (Å²) in [7, 11) is 1.91. The number of rotatable bonds is 1. The topological polar surface area (TPSA) is 34.4 Å². The van der Waals surface area contributed by atoms with Crippen molar-refractivity contribution in [3.8, 4) is 0 Å². The van der Waals surface area contributed by atoms with E-state index in [1.54, 1.807) is 18.2 Å². The van der Waals surface area contributed by atoms with E-state index in [9.17, 15) is 4.79 Å². The summed E-state index contributed by atoms with van der Waals surface area (Å²) in [5, 5.41) is 0.805. The molecule has 3 nitrogen and oxygen atoms in total. The van der Waals surface area contributed by atoms with Gasteiger partial charge in [0.05, 0.1) is 20.8 Å². The molecule has 0 saturated carbocycles. The molecule has 0 unspecified atom stereocenters. The number of aromatic nitrogens is 1. The molecule has 1 amide bonds. The Morgan fingerprint density at radius 2 is 1.91 bits per heavy atom. The fourth-order valence-electron chi connectivity index (χ4n) is 2.60. The summed E-state index contributed by atoms with van der Waals surface area (Å²) in [5.41, 5.74) is 3.75. The molecule has 0 saturated heterocycles. The smallest absolute Gasteiger partial charge is 0.281 e. The number of nitrogens with zero attached hydrogens (tertiary/aromatic N) is 2. The van der Waals surface area contributed by atoms with Crippen LogP contribution in [0.5, 0.6) is 0 Å². The highest BCUT2D eigenvalue weighted by molar-refractivity contribution is 7.16.